The van der Waals surface area contributed by atoms with Crippen molar-refractivity contribution in [1.82, 2.24) is 19.5 Å². The van der Waals surface area contributed by atoms with Crippen molar-refractivity contribution in [2.24, 2.45) is 11.4 Å². The number of nitrogens with zero attached hydrogens (tertiary/aromatic N) is 5. The molecule has 0 radical (unpaired) electrons. The summed E-state index contributed by atoms with van der Waals surface area (Å²) in [5.41, 5.74) is 14.0. The van der Waals surface area contributed by atoms with Crippen LogP contribution >= 0.6 is 7.75 Å². The van der Waals surface area contributed by atoms with Crippen LogP contribution in [0.1, 0.15) is 38.8 Å². The summed E-state index contributed by atoms with van der Waals surface area (Å²) in [6, 6.07) is 15.3. The molecule has 0 spiro atoms. The molecule has 2 aromatic heterocycles. The summed E-state index contributed by atoms with van der Waals surface area (Å²) < 4.78 is 31.9. The van der Waals surface area contributed by atoms with Gasteiger partial charge in [0.1, 0.15) is 23.2 Å². The molecular formula is C31H38N7O6P. The van der Waals surface area contributed by atoms with E-state index in [-0.39, 0.29) is 30.6 Å². The number of imidazole rings is 1. The fourth-order valence-corrected chi connectivity index (χ4v) is 5.95. The number of carbonyl (C=O) groups excluding carboxylic acids is 1. The highest BCUT2D eigenvalue weighted by atomic mass is 31.2. The number of hydrogen-bond acceptors (Lipinski definition) is 11. The highest BCUT2D eigenvalue weighted by Gasteiger charge is 2.35. The number of fused-ring (bicyclic) bond motifs is 1. The van der Waals surface area contributed by atoms with E-state index in [4.69, 9.17) is 29.9 Å². The minimum atomic E-state index is -4.30. The predicted molar refractivity (Wildman–Crippen MR) is 170 cm³/mol. The Morgan fingerprint density at radius 2 is 1.82 bits per heavy atom. The van der Waals surface area contributed by atoms with Crippen LogP contribution in [0, 0.1) is 5.92 Å². The van der Waals surface area contributed by atoms with E-state index in [9.17, 15) is 9.36 Å². The Morgan fingerprint density at radius 1 is 1.09 bits per heavy atom. The van der Waals surface area contributed by atoms with Gasteiger partial charge in [-0.05, 0) is 57.0 Å². The monoisotopic (exact) mass is 635 g/mol. The Morgan fingerprint density at radius 3 is 2.51 bits per heavy atom. The third-order valence-corrected chi connectivity index (χ3v) is 8.06. The number of benzene rings is 2. The number of nitrogen functional groups attached to an aromatic ring is 1. The van der Waals surface area contributed by atoms with Gasteiger partial charge in [0.2, 0.25) is 0 Å². The van der Waals surface area contributed by atoms with E-state index in [1.165, 1.54) is 18.5 Å². The van der Waals surface area contributed by atoms with Gasteiger partial charge in [-0.1, -0.05) is 42.5 Å². The molecule has 1 unspecified atom stereocenters. The van der Waals surface area contributed by atoms with Crippen LogP contribution in [0.15, 0.2) is 79.4 Å². The van der Waals surface area contributed by atoms with Crippen LogP contribution in [0.5, 0.6) is 5.75 Å². The van der Waals surface area contributed by atoms with Gasteiger partial charge in [-0.3, -0.25) is 9.36 Å². The first-order valence-corrected chi connectivity index (χ1v) is 16.1. The van der Waals surface area contributed by atoms with Gasteiger partial charge in [0.25, 0.3) is 0 Å². The number of hydroxylamine groups is 1. The number of ether oxygens (including phenoxy) is 1. The quantitative estimate of drug-likeness (QED) is 0.121. The van der Waals surface area contributed by atoms with Gasteiger partial charge in [-0.2, -0.15) is 0 Å². The molecule has 4 aromatic rings. The van der Waals surface area contributed by atoms with E-state index >= 15 is 0 Å². The van der Waals surface area contributed by atoms with Crippen molar-refractivity contribution in [3.8, 4) is 5.75 Å². The normalized spacial score (nSPS) is 18.4. The smallest absolute Gasteiger partial charge is 0.458 e. The third kappa shape index (κ3) is 8.06. The number of anilines is 2. The molecule has 13 nitrogen and oxygen atoms in total. The van der Waals surface area contributed by atoms with Crippen LogP contribution in [0.4, 0.5) is 11.5 Å². The second kappa shape index (κ2) is 13.4. The van der Waals surface area contributed by atoms with E-state index in [1.807, 2.05) is 80.0 Å². The number of rotatable bonds is 12. The summed E-state index contributed by atoms with van der Waals surface area (Å²) in [6.45, 7) is 5.87. The number of nitrogens with two attached hydrogens (primary N) is 2. The lowest BCUT2D eigenvalue weighted by Crippen LogP contribution is -2.43. The van der Waals surface area contributed by atoms with Crippen molar-refractivity contribution in [2.75, 3.05) is 24.5 Å². The molecule has 0 saturated heterocycles. The minimum Gasteiger partial charge on any atom is -0.488 e. The zero-order valence-corrected chi connectivity index (χ0v) is 26.5. The van der Waals surface area contributed by atoms with Crippen LogP contribution in [0.2, 0.25) is 0 Å². The molecule has 14 heteroatoms. The van der Waals surface area contributed by atoms with Crippen molar-refractivity contribution in [2.45, 2.75) is 51.3 Å². The summed E-state index contributed by atoms with van der Waals surface area (Å²) in [7, 11) is -2.86. The fourth-order valence-electron chi connectivity index (χ4n) is 5.13. The van der Waals surface area contributed by atoms with Crippen molar-refractivity contribution in [3.63, 3.8) is 0 Å². The number of allylic oxidation sites excluding steroid dienone is 1. The van der Waals surface area contributed by atoms with Crippen LogP contribution in [-0.4, -0.2) is 50.8 Å². The van der Waals surface area contributed by atoms with Crippen molar-refractivity contribution >= 4 is 36.4 Å². The lowest BCUT2D eigenvalue weighted by atomic mass is 10.0. The highest BCUT2D eigenvalue weighted by Crippen LogP contribution is 2.42. The highest BCUT2D eigenvalue weighted by molar-refractivity contribution is 7.51. The van der Waals surface area contributed by atoms with E-state index in [0.717, 1.165) is 5.56 Å². The zero-order chi connectivity index (χ0) is 32.2. The lowest BCUT2D eigenvalue weighted by molar-refractivity contribution is -0.138. The van der Waals surface area contributed by atoms with Gasteiger partial charge in [-0.25, -0.2) is 34.9 Å². The average molecular weight is 636 g/mol. The van der Waals surface area contributed by atoms with Crippen LogP contribution in [0.3, 0.4) is 0 Å². The van der Waals surface area contributed by atoms with Crippen molar-refractivity contribution in [3.05, 3.63) is 85.0 Å². The molecule has 2 heterocycles. The van der Waals surface area contributed by atoms with Crippen molar-refractivity contribution < 1.29 is 28.0 Å². The lowest BCUT2D eigenvalue weighted by Gasteiger charge is -2.30. The molecule has 0 fully saturated rings. The maximum Gasteiger partial charge on any atom is 0.458 e. The van der Waals surface area contributed by atoms with Crippen molar-refractivity contribution in [1.29, 1.82) is 0 Å². The van der Waals surface area contributed by atoms with Gasteiger partial charge < -0.3 is 19.6 Å². The summed E-state index contributed by atoms with van der Waals surface area (Å²) in [6.07, 6.45) is 7.72. The van der Waals surface area contributed by atoms with Gasteiger partial charge in [0.15, 0.2) is 17.5 Å². The molecule has 1 aliphatic rings. The van der Waals surface area contributed by atoms with E-state index in [2.05, 4.69) is 15.0 Å². The largest absolute Gasteiger partial charge is 0.488 e. The molecule has 0 aliphatic heterocycles. The Balaban J connectivity index is 1.25. The molecule has 1 aliphatic carbocycles. The first-order chi connectivity index (χ1) is 21.4. The Labute approximate surface area is 261 Å². The van der Waals surface area contributed by atoms with Crippen LogP contribution < -0.4 is 21.0 Å². The summed E-state index contributed by atoms with van der Waals surface area (Å²) in [5, 5.41) is 1.40. The van der Waals surface area contributed by atoms with E-state index in [0.29, 0.717) is 34.8 Å². The number of para-hydroxylation sites is 1. The predicted octanol–water partition coefficient (Wildman–Crippen LogP) is 5.01. The first-order valence-electron chi connectivity index (χ1n) is 14.5. The van der Waals surface area contributed by atoms with Crippen LogP contribution in [0.25, 0.3) is 11.2 Å². The summed E-state index contributed by atoms with van der Waals surface area (Å²) >= 11 is 0. The van der Waals surface area contributed by atoms with Crippen LogP contribution in [-0.2, 0) is 29.7 Å². The topological polar surface area (TPSA) is 170 Å². The number of aromatic nitrogens is 4. The van der Waals surface area contributed by atoms with Gasteiger partial charge in [0, 0.05) is 12.3 Å². The Hall–Kier alpha value is -4.29. The van der Waals surface area contributed by atoms with E-state index < -0.39 is 19.8 Å². The molecule has 4 atom stereocenters. The first kappa shape index (κ1) is 32.1. The number of hydrogen-bond donors (Lipinski definition) is 2. The Kier molecular flexibility index (Phi) is 9.54. The summed E-state index contributed by atoms with van der Waals surface area (Å²) in [5.74, 6) is -0.00965. The second-order valence-corrected chi connectivity index (χ2v) is 13.2. The standard InChI is InChI=1S/C31H38N7O6P/c1-31(2,3)43-25-14-11-21(12-15-25)17-26(38(41-4)23-8-6-5-7-9-23)30(39)44-45(33,40)42-18-22-10-13-24(16-22)37-20-36-27-28(32)34-19-35-29(27)37/h5-15,19-20,22,24,26H,16-18H2,1-4H3,(H2,33,40)(H2,32,34,35)/t22-,24+,26-,45?/m0/s1. The minimum absolute atomic E-state index is 0.0234. The van der Waals surface area contributed by atoms with Gasteiger partial charge in [0.05, 0.1) is 31.8 Å². The summed E-state index contributed by atoms with van der Waals surface area (Å²) in [4.78, 5) is 31.8. The third-order valence-electron chi connectivity index (χ3n) is 7.12. The molecule has 0 bridgehead atoms. The maximum atomic E-state index is 13.6. The fraction of sp³-hybridized carbons (Fsp3) is 0.355. The SMILES string of the molecule is CON(c1ccccc1)[C@@H](Cc1ccc(OC(C)(C)C)cc1)C(=O)OP(N)(=O)OC[C@H]1C=C[C@@H](n2cnc3c(N)ncnc32)C1. The van der Waals surface area contributed by atoms with E-state index in [1.54, 1.807) is 18.5 Å². The Bertz CT molecular complexity index is 1690. The zero-order valence-electron chi connectivity index (χ0n) is 25.6. The average Bonchev–Trinajstić information content (AvgIpc) is 3.64. The second-order valence-electron chi connectivity index (χ2n) is 11.7. The molecule has 238 valence electrons. The molecule has 45 heavy (non-hydrogen) atoms. The number of carbonyl (C=O) groups is 1. The van der Waals surface area contributed by atoms with Gasteiger partial charge in [-0.15, -0.1) is 0 Å². The molecule has 5 rings (SSSR count). The molecule has 2 aromatic carbocycles. The van der Waals surface area contributed by atoms with Gasteiger partial charge >= 0.3 is 13.7 Å². The maximum absolute atomic E-state index is 13.6. The molecular weight excluding hydrogens is 597 g/mol. The molecule has 0 amide bonds. The molecule has 4 N–H and O–H groups in total. The molecule has 0 saturated carbocycles.